The molecule has 0 saturated heterocycles. The van der Waals surface area contributed by atoms with Gasteiger partial charge in [-0.05, 0) is 37.6 Å². The number of amides is 1. The number of nitrogens with one attached hydrogen (secondary N) is 1. The number of aryl methyl sites for hydroxylation is 1. The monoisotopic (exact) mass is 320 g/mol. The van der Waals surface area contributed by atoms with Gasteiger partial charge in [0.1, 0.15) is 5.76 Å². The van der Waals surface area contributed by atoms with Crippen molar-refractivity contribution in [1.82, 2.24) is 5.43 Å². The standard InChI is InChI=1S/C14H13BrN2O2/c1-9(11-4-3-5-12(15)8-11)16-17-14(18)13-6-7-19-10(13)2/h3-8H,1-2H3,(H,17,18)/b16-9+. The molecular formula is C14H13BrN2O2. The van der Waals surface area contributed by atoms with Crippen molar-refractivity contribution in [2.45, 2.75) is 13.8 Å². The maximum Gasteiger partial charge on any atom is 0.274 e. The Bertz CT molecular complexity index is 632. The van der Waals surface area contributed by atoms with Crippen LogP contribution in [0, 0.1) is 6.92 Å². The van der Waals surface area contributed by atoms with Crippen LogP contribution in [-0.2, 0) is 0 Å². The molecule has 1 amide bonds. The Morgan fingerprint density at radius 2 is 2.16 bits per heavy atom. The molecule has 98 valence electrons. The van der Waals surface area contributed by atoms with Gasteiger partial charge in [0.25, 0.3) is 5.91 Å². The Morgan fingerprint density at radius 3 is 2.79 bits per heavy atom. The summed E-state index contributed by atoms with van der Waals surface area (Å²) < 4.78 is 6.05. The van der Waals surface area contributed by atoms with Crippen molar-refractivity contribution >= 4 is 27.5 Å². The molecule has 1 N–H and O–H groups in total. The van der Waals surface area contributed by atoms with E-state index in [1.165, 1.54) is 6.26 Å². The number of furan rings is 1. The van der Waals surface area contributed by atoms with Crippen molar-refractivity contribution in [3.05, 3.63) is 58.0 Å². The highest BCUT2D eigenvalue weighted by Crippen LogP contribution is 2.12. The lowest BCUT2D eigenvalue weighted by Gasteiger charge is -2.03. The predicted molar refractivity (Wildman–Crippen MR) is 77.3 cm³/mol. The van der Waals surface area contributed by atoms with E-state index in [1.54, 1.807) is 13.0 Å². The lowest BCUT2D eigenvalue weighted by atomic mass is 10.1. The number of hydrogen-bond acceptors (Lipinski definition) is 3. The third kappa shape index (κ3) is 3.32. The summed E-state index contributed by atoms with van der Waals surface area (Å²) in [5.41, 5.74) is 4.68. The first-order valence-electron chi connectivity index (χ1n) is 5.72. The van der Waals surface area contributed by atoms with E-state index in [-0.39, 0.29) is 5.91 Å². The average molecular weight is 321 g/mol. The highest BCUT2D eigenvalue weighted by atomic mass is 79.9. The molecule has 5 heteroatoms. The van der Waals surface area contributed by atoms with E-state index in [9.17, 15) is 4.79 Å². The van der Waals surface area contributed by atoms with Crippen molar-refractivity contribution in [1.29, 1.82) is 0 Å². The number of hydrogen-bond donors (Lipinski definition) is 1. The summed E-state index contributed by atoms with van der Waals surface area (Å²) >= 11 is 3.40. The third-order valence-corrected chi connectivity index (χ3v) is 3.16. The maximum atomic E-state index is 11.8. The molecule has 19 heavy (non-hydrogen) atoms. The van der Waals surface area contributed by atoms with E-state index in [0.29, 0.717) is 11.3 Å². The van der Waals surface area contributed by atoms with Crippen molar-refractivity contribution in [3.63, 3.8) is 0 Å². The van der Waals surface area contributed by atoms with Gasteiger partial charge in [0.2, 0.25) is 0 Å². The number of benzene rings is 1. The van der Waals surface area contributed by atoms with Crippen molar-refractivity contribution in [3.8, 4) is 0 Å². The van der Waals surface area contributed by atoms with Crippen LogP contribution in [0.3, 0.4) is 0 Å². The first-order valence-corrected chi connectivity index (χ1v) is 6.52. The quantitative estimate of drug-likeness (QED) is 0.695. The van der Waals surface area contributed by atoms with Gasteiger partial charge in [-0.25, -0.2) is 5.43 Å². The van der Waals surface area contributed by atoms with Gasteiger partial charge in [-0.2, -0.15) is 5.10 Å². The predicted octanol–water partition coefficient (Wildman–Crippen LogP) is 3.50. The van der Waals surface area contributed by atoms with Crippen LogP contribution in [0.4, 0.5) is 0 Å². The fourth-order valence-corrected chi connectivity index (χ4v) is 1.99. The van der Waals surface area contributed by atoms with Crippen LogP contribution < -0.4 is 5.43 Å². The Labute approximate surface area is 119 Å². The SMILES string of the molecule is C/C(=N\NC(=O)c1ccoc1C)c1cccc(Br)c1. The van der Waals surface area contributed by atoms with Gasteiger partial charge in [0, 0.05) is 4.47 Å². The van der Waals surface area contributed by atoms with E-state index >= 15 is 0 Å². The molecule has 0 aliphatic heterocycles. The van der Waals surface area contributed by atoms with E-state index in [0.717, 1.165) is 15.7 Å². The van der Waals surface area contributed by atoms with Crippen LogP contribution in [0.2, 0.25) is 0 Å². The molecule has 1 heterocycles. The molecule has 2 rings (SSSR count). The van der Waals surface area contributed by atoms with Gasteiger partial charge >= 0.3 is 0 Å². The van der Waals surface area contributed by atoms with Crippen LogP contribution in [0.5, 0.6) is 0 Å². The number of carbonyl (C=O) groups is 1. The molecule has 1 aromatic heterocycles. The minimum absolute atomic E-state index is 0.277. The number of rotatable bonds is 3. The van der Waals surface area contributed by atoms with Gasteiger partial charge in [0.05, 0.1) is 17.5 Å². The van der Waals surface area contributed by atoms with Crippen LogP contribution in [0.25, 0.3) is 0 Å². The van der Waals surface area contributed by atoms with Gasteiger partial charge < -0.3 is 4.42 Å². The van der Waals surface area contributed by atoms with E-state index in [1.807, 2.05) is 31.2 Å². The molecule has 0 fully saturated rings. The number of nitrogens with zero attached hydrogens (tertiary/aromatic N) is 1. The maximum absolute atomic E-state index is 11.8. The topological polar surface area (TPSA) is 54.6 Å². The molecule has 4 nitrogen and oxygen atoms in total. The number of hydrazone groups is 1. The van der Waals surface area contributed by atoms with Crippen LogP contribution in [-0.4, -0.2) is 11.6 Å². The summed E-state index contributed by atoms with van der Waals surface area (Å²) in [7, 11) is 0. The van der Waals surface area contributed by atoms with E-state index in [4.69, 9.17) is 4.42 Å². The normalized spacial score (nSPS) is 11.4. The van der Waals surface area contributed by atoms with Gasteiger partial charge in [-0.15, -0.1) is 0 Å². The lowest BCUT2D eigenvalue weighted by Crippen LogP contribution is -2.19. The Balaban J connectivity index is 2.11. The third-order valence-electron chi connectivity index (χ3n) is 2.67. The second-order valence-electron chi connectivity index (χ2n) is 4.04. The number of halogens is 1. The molecule has 0 unspecified atom stereocenters. The fourth-order valence-electron chi connectivity index (χ4n) is 1.59. The summed E-state index contributed by atoms with van der Waals surface area (Å²) in [4.78, 5) is 11.8. The average Bonchev–Trinajstić information content (AvgIpc) is 2.82. The minimum atomic E-state index is -0.277. The molecule has 0 radical (unpaired) electrons. The van der Waals surface area contributed by atoms with Crippen molar-refractivity contribution in [2.75, 3.05) is 0 Å². The zero-order valence-corrected chi connectivity index (χ0v) is 12.2. The van der Waals surface area contributed by atoms with E-state index in [2.05, 4.69) is 26.5 Å². The van der Waals surface area contributed by atoms with Gasteiger partial charge in [-0.1, -0.05) is 28.1 Å². The summed E-state index contributed by atoms with van der Waals surface area (Å²) in [5.74, 6) is 0.299. The Morgan fingerprint density at radius 1 is 1.37 bits per heavy atom. The first-order chi connectivity index (χ1) is 9.08. The zero-order valence-electron chi connectivity index (χ0n) is 10.6. The molecule has 0 saturated carbocycles. The van der Waals surface area contributed by atoms with Gasteiger partial charge in [0.15, 0.2) is 0 Å². The second-order valence-corrected chi connectivity index (χ2v) is 4.95. The molecule has 1 aromatic carbocycles. The van der Waals surface area contributed by atoms with Crippen LogP contribution in [0.1, 0.15) is 28.6 Å². The zero-order chi connectivity index (χ0) is 13.8. The molecule has 0 bridgehead atoms. The summed E-state index contributed by atoms with van der Waals surface area (Å²) in [6.45, 7) is 3.57. The largest absolute Gasteiger partial charge is 0.469 e. The minimum Gasteiger partial charge on any atom is -0.469 e. The molecule has 0 spiro atoms. The Kier molecular flexibility index (Phi) is 4.16. The van der Waals surface area contributed by atoms with Crippen molar-refractivity contribution < 1.29 is 9.21 Å². The van der Waals surface area contributed by atoms with Crippen LogP contribution >= 0.6 is 15.9 Å². The van der Waals surface area contributed by atoms with Crippen molar-refractivity contribution in [2.24, 2.45) is 5.10 Å². The first kappa shape index (κ1) is 13.5. The molecule has 0 aliphatic carbocycles. The Hall–Kier alpha value is -1.88. The highest BCUT2D eigenvalue weighted by molar-refractivity contribution is 9.10. The van der Waals surface area contributed by atoms with Crippen LogP contribution in [0.15, 0.2) is 50.6 Å². The molecule has 0 aliphatic rings. The summed E-state index contributed by atoms with van der Waals surface area (Å²) in [6.07, 6.45) is 1.48. The molecule has 2 aromatic rings. The second kappa shape index (κ2) is 5.84. The number of carbonyl (C=O) groups excluding carboxylic acids is 1. The molecule has 0 atom stereocenters. The highest BCUT2D eigenvalue weighted by Gasteiger charge is 2.10. The summed E-state index contributed by atoms with van der Waals surface area (Å²) in [5, 5.41) is 4.09. The summed E-state index contributed by atoms with van der Waals surface area (Å²) in [6, 6.07) is 9.34. The van der Waals surface area contributed by atoms with E-state index < -0.39 is 0 Å². The van der Waals surface area contributed by atoms with Gasteiger partial charge in [-0.3, -0.25) is 4.79 Å². The lowest BCUT2D eigenvalue weighted by molar-refractivity contribution is 0.0953. The smallest absolute Gasteiger partial charge is 0.274 e. The fraction of sp³-hybridized carbons (Fsp3) is 0.143. The molecular weight excluding hydrogens is 308 g/mol.